The minimum Gasteiger partial charge on any atom is -0.389 e. The van der Waals surface area contributed by atoms with Gasteiger partial charge in [0.2, 0.25) is 0 Å². The van der Waals surface area contributed by atoms with Crippen molar-refractivity contribution in [1.82, 2.24) is 5.32 Å². The summed E-state index contributed by atoms with van der Waals surface area (Å²) in [6, 6.07) is 8.68. The first kappa shape index (κ1) is 11.2. The molecule has 92 valence electrons. The van der Waals surface area contributed by atoms with Gasteiger partial charge in [0.25, 0.3) is 0 Å². The molecular weight excluding hydrogens is 210 g/mol. The van der Waals surface area contributed by atoms with E-state index in [0.29, 0.717) is 0 Å². The van der Waals surface area contributed by atoms with E-state index in [0.717, 1.165) is 38.3 Å². The summed E-state index contributed by atoms with van der Waals surface area (Å²) in [5.41, 5.74) is 2.38. The summed E-state index contributed by atoms with van der Waals surface area (Å²) >= 11 is 0. The van der Waals surface area contributed by atoms with E-state index in [4.69, 9.17) is 0 Å². The van der Waals surface area contributed by atoms with Gasteiger partial charge in [-0.3, -0.25) is 0 Å². The molecule has 0 spiro atoms. The van der Waals surface area contributed by atoms with Crippen LogP contribution in [-0.2, 0) is 6.42 Å². The molecule has 1 aromatic rings. The minimum atomic E-state index is -0.476. The maximum atomic E-state index is 10.6. The van der Waals surface area contributed by atoms with Gasteiger partial charge < -0.3 is 10.4 Å². The lowest BCUT2D eigenvalue weighted by atomic mass is 9.84. The van der Waals surface area contributed by atoms with Crippen LogP contribution in [0.25, 0.3) is 0 Å². The predicted molar refractivity (Wildman–Crippen MR) is 69.2 cm³/mol. The van der Waals surface area contributed by atoms with Crippen LogP contribution < -0.4 is 5.32 Å². The number of rotatable bonds is 3. The van der Waals surface area contributed by atoms with Gasteiger partial charge in [0.15, 0.2) is 0 Å². The van der Waals surface area contributed by atoms with E-state index in [1.807, 2.05) is 0 Å². The molecule has 2 aliphatic rings. The van der Waals surface area contributed by atoms with Crippen molar-refractivity contribution in [2.75, 3.05) is 13.1 Å². The highest BCUT2D eigenvalue weighted by Crippen LogP contribution is 2.42. The number of benzene rings is 1. The predicted octanol–water partition coefficient (Wildman–Crippen LogP) is 2.22. The van der Waals surface area contributed by atoms with Crippen LogP contribution in [0.4, 0.5) is 0 Å². The second kappa shape index (κ2) is 4.43. The molecule has 1 saturated heterocycles. The van der Waals surface area contributed by atoms with Gasteiger partial charge in [0, 0.05) is 6.42 Å². The van der Waals surface area contributed by atoms with Crippen LogP contribution in [0.2, 0.25) is 0 Å². The van der Waals surface area contributed by atoms with Gasteiger partial charge in [0.05, 0.1) is 5.60 Å². The van der Waals surface area contributed by atoms with E-state index < -0.39 is 5.60 Å². The van der Waals surface area contributed by atoms with Crippen molar-refractivity contribution >= 4 is 0 Å². The zero-order chi connectivity index (χ0) is 11.7. The van der Waals surface area contributed by atoms with Gasteiger partial charge >= 0.3 is 0 Å². The lowest BCUT2D eigenvalue weighted by molar-refractivity contribution is 0.0107. The fourth-order valence-corrected chi connectivity index (χ4v) is 2.91. The van der Waals surface area contributed by atoms with Crippen LogP contribution in [0.3, 0.4) is 0 Å². The second-order valence-electron chi connectivity index (χ2n) is 5.62. The Bertz CT molecular complexity index is 392. The van der Waals surface area contributed by atoms with Crippen molar-refractivity contribution in [3.63, 3.8) is 0 Å². The molecule has 0 amide bonds. The van der Waals surface area contributed by atoms with Gasteiger partial charge in [-0.05, 0) is 55.8 Å². The Labute approximate surface area is 103 Å². The summed E-state index contributed by atoms with van der Waals surface area (Å²) in [5, 5.41) is 13.9. The summed E-state index contributed by atoms with van der Waals surface area (Å²) in [5.74, 6) is 0.775. The number of nitrogens with one attached hydrogen (secondary N) is 1. The van der Waals surface area contributed by atoms with Gasteiger partial charge in [0.1, 0.15) is 0 Å². The molecule has 2 nitrogen and oxygen atoms in total. The Morgan fingerprint density at radius 1 is 1.18 bits per heavy atom. The first-order chi connectivity index (χ1) is 8.27. The number of hydrogen-bond donors (Lipinski definition) is 2. The zero-order valence-electron chi connectivity index (χ0n) is 10.3. The average Bonchev–Trinajstić information content (AvgIpc) is 3.14. The van der Waals surface area contributed by atoms with E-state index in [9.17, 15) is 5.11 Å². The lowest BCUT2D eigenvalue weighted by Crippen LogP contribution is -2.43. The normalized spacial score (nSPS) is 23.6. The van der Waals surface area contributed by atoms with E-state index >= 15 is 0 Å². The SMILES string of the molecule is OC1(Cc2ccccc2C2CC2)CCNCC1. The van der Waals surface area contributed by atoms with E-state index in [1.54, 1.807) is 0 Å². The van der Waals surface area contributed by atoms with Gasteiger partial charge in [-0.2, -0.15) is 0 Å². The first-order valence-electron chi connectivity index (χ1n) is 6.78. The van der Waals surface area contributed by atoms with Crippen LogP contribution >= 0.6 is 0 Å². The molecule has 0 atom stereocenters. The third kappa shape index (κ3) is 2.53. The van der Waals surface area contributed by atoms with Crippen molar-refractivity contribution in [2.24, 2.45) is 0 Å². The molecule has 1 aliphatic carbocycles. The molecule has 2 fully saturated rings. The molecule has 0 bridgehead atoms. The number of hydrogen-bond acceptors (Lipinski definition) is 2. The molecular formula is C15H21NO. The van der Waals surface area contributed by atoms with Crippen molar-refractivity contribution in [3.05, 3.63) is 35.4 Å². The molecule has 17 heavy (non-hydrogen) atoms. The topological polar surface area (TPSA) is 32.3 Å². The Morgan fingerprint density at radius 3 is 2.59 bits per heavy atom. The van der Waals surface area contributed by atoms with Crippen LogP contribution in [0.1, 0.15) is 42.7 Å². The highest BCUT2D eigenvalue weighted by Gasteiger charge is 2.32. The Hall–Kier alpha value is -0.860. The quantitative estimate of drug-likeness (QED) is 0.836. The Kier molecular flexibility index (Phi) is 2.93. The van der Waals surface area contributed by atoms with Crippen LogP contribution in [0.15, 0.2) is 24.3 Å². The van der Waals surface area contributed by atoms with Crippen molar-refractivity contribution in [1.29, 1.82) is 0 Å². The maximum absolute atomic E-state index is 10.6. The van der Waals surface area contributed by atoms with Crippen LogP contribution in [0, 0.1) is 0 Å². The second-order valence-corrected chi connectivity index (χ2v) is 5.62. The zero-order valence-corrected chi connectivity index (χ0v) is 10.3. The van der Waals surface area contributed by atoms with Crippen LogP contribution in [-0.4, -0.2) is 23.8 Å². The molecule has 1 saturated carbocycles. The van der Waals surface area contributed by atoms with E-state index in [2.05, 4.69) is 29.6 Å². The number of aliphatic hydroxyl groups is 1. The molecule has 0 unspecified atom stereocenters. The molecule has 1 heterocycles. The molecule has 0 radical (unpaired) electrons. The average molecular weight is 231 g/mol. The third-order valence-electron chi connectivity index (χ3n) is 4.13. The van der Waals surface area contributed by atoms with Crippen molar-refractivity contribution < 1.29 is 5.11 Å². The van der Waals surface area contributed by atoms with E-state index in [1.165, 1.54) is 24.0 Å². The smallest absolute Gasteiger partial charge is 0.0712 e. The largest absolute Gasteiger partial charge is 0.389 e. The van der Waals surface area contributed by atoms with Crippen molar-refractivity contribution in [3.8, 4) is 0 Å². The molecule has 3 rings (SSSR count). The van der Waals surface area contributed by atoms with Crippen LogP contribution in [0.5, 0.6) is 0 Å². The Balaban J connectivity index is 1.79. The fraction of sp³-hybridized carbons (Fsp3) is 0.600. The van der Waals surface area contributed by atoms with E-state index in [-0.39, 0.29) is 0 Å². The summed E-state index contributed by atoms with van der Waals surface area (Å²) in [7, 11) is 0. The van der Waals surface area contributed by atoms with Gasteiger partial charge in [-0.25, -0.2) is 0 Å². The maximum Gasteiger partial charge on any atom is 0.0712 e. The Morgan fingerprint density at radius 2 is 1.88 bits per heavy atom. The molecule has 1 aromatic carbocycles. The summed E-state index contributed by atoms with van der Waals surface area (Å²) in [4.78, 5) is 0. The summed E-state index contributed by atoms with van der Waals surface area (Å²) < 4.78 is 0. The highest BCUT2D eigenvalue weighted by atomic mass is 16.3. The van der Waals surface area contributed by atoms with Gasteiger partial charge in [-0.1, -0.05) is 24.3 Å². The molecule has 2 N–H and O–H groups in total. The fourth-order valence-electron chi connectivity index (χ4n) is 2.91. The van der Waals surface area contributed by atoms with Gasteiger partial charge in [-0.15, -0.1) is 0 Å². The molecule has 1 aliphatic heterocycles. The molecule has 2 heteroatoms. The first-order valence-corrected chi connectivity index (χ1v) is 6.78. The highest BCUT2D eigenvalue weighted by molar-refractivity contribution is 5.34. The standard InChI is InChI=1S/C15H21NO/c17-15(7-9-16-10-8-15)11-13-3-1-2-4-14(13)12-5-6-12/h1-4,12,16-17H,5-11H2. The lowest BCUT2D eigenvalue weighted by Gasteiger charge is -2.33. The third-order valence-corrected chi connectivity index (χ3v) is 4.13. The summed E-state index contributed by atoms with van der Waals surface area (Å²) in [6.07, 6.45) is 5.26. The summed E-state index contributed by atoms with van der Waals surface area (Å²) in [6.45, 7) is 1.89. The van der Waals surface area contributed by atoms with Crippen molar-refractivity contribution in [2.45, 2.75) is 43.6 Å². The minimum absolute atomic E-state index is 0.476. The molecule has 0 aromatic heterocycles. The number of piperidine rings is 1. The monoisotopic (exact) mass is 231 g/mol.